The average molecular weight is 765 g/mol. The first kappa shape index (κ1) is 42.5. The summed E-state index contributed by atoms with van der Waals surface area (Å²) in [5.41, 5.74) is -1.74. The maximum absolute atomic E-state index is 14.4. The summed E-state index contributed by atoms with van der Waals surface area (Å²) in [6.45, 7) is 13.9. The Hall–Kier alpha value is -3.68. The van der Waals surface area contributed by atoms with Gasteiger partial charge < -0.3 is 39.0 Å². The van der Waals surface area contributed by atoms with Crippen molar-refractivity contribution in [3.8, 4) is 0 Å². The van der Waals surface area contributed by atoms with Gasteiger partial charge in [0.25, 0.3) is 0 Å². The molecule has 3 aliphatic heterocycles. The molecule has 0 aromatic heterocycles. The van der Waals surface area contributed by atoms with Crippen molar-refractivity contribution >= 4 is 40.5 Å². The van der Waals surface area contributed by atoms with Gasteiger partial charge in [0.1, 0.15) is 23.9 Å². The summed E-state index contributed by atoms with van der Waals surface area (Å²) in [5.74, 6) is -5.06. The zero-order valence-corrected chi connectivity index (χ0v) is 33.9. The first-order valence-electron chi connectivity index (χ1n) is 19.6. The minimum Gasteiger partial charge on any atom is -0.458 e. The van der Waals surface area contributed by atoms with Gasteiger partial charge in [0.2, 0.25) is 0 Å². The number of cyclic esters (lactones) is 1. The van der Waals surface area contributed by atoms with Gasteiger partial charge in [0, 0.05) is 23.8 Å². The van der Waals surface area contributed by atoms with Gasteiger partial charge >= 0.3 is 12.1 Å². The van der Waals surface area contributed by atoms with E-state index in [-0.39, 0.29) is 37.4 Å². The van der Waals surface area contributed by atoms with Crippen molar-refractivity contribution in [3.05, 3.63) is 54.1 Å². The minimum atomic E-state index is -1.37. The van der Waals surface area contributed by atoms with E-state index in [2.05, 4.69) is 23.5 Å². The van der Waals surface area contributed by atoms with Crippen LogP contribution in [-0.4, -0.2) is 108 Å². The fourth-order valence-electron chi connectivity index (χ4n) is 8.86. The van der Waals surface area contributed by atoms with Gasteiger partial charge in [-0.3, -0.25) is 14.4 Å². The van der Waals surface area contributed by atoms with Crippen LogP contribution < -0.4 is 5.32 Å². The van der Waals surface area contributed by atoms with E-state index in [1.165, 1.54) is 6.92 Å². The monoisotopic (exact) mass is 764 g/mol. The SMILES string of the molecule is CC[C@H]1OC(=O)[C@H](C)C(=O)[C@H](C)[C@@H](O[C@@H]2O[C@H](C)C[C@H](N(C)C)[C@H]2O)[C@](C)(OC/C=C/c2ccc3ccccc3c2)C[C@@H](C)C(=O)[C@H](C)[C@H]2NC(=O)O[C@@]21C. The fraction of sp³-hybridized carbons (Fsp3) is 0.628. The van der Waals surface area contributed by atoms with Gasteiger partial charge in [-0.1, -0.05) is 76.2 Å². The summed E-state index contributed by atoms with van der Waals surface area (Å²) < 4.78 is 31.4. The van der Waals surface area contributed by atoms with Crippen LogP contribution in [0.2, 0.25) is 0 Å². The quantitative estimate of drug-likeness (QED) is 0.251. The van der Waals surface area contributed by atoms with E-state index in [0.717, 1.165) is 16.3 Å². The number of rotatable bonds is 8. The van der Waals surface area contributed by atoms with Gasteiger partial charge in [0.05, 0.1) is 30.5 Å². The standard InChI is InChI=1S/C43H60N2O10/c1-11-33-43(8)37(44-41(50)55-43)26(4)34(46)24(2)23-42(7,51-20-14-15-29-18-19-30-16-12-13-17-31(30)22-29)38(27(5)35(47)28(6)39(49)53-33)54-40-36(48)32(45(9)10)21-25(3)52-40/h12-19,22,24-28,32-33,36-38,40,48H,11,20-21,23H2,1-10H3,(H,44,50)/b15-14+/t24-,25-,26+,27+,28-,32+,33-,36-,37-,38-,40+,42-,43-/m1/s1. The van der Waals surface area contributed by atoms with Gasteiger partial charge in [0.15, 0.2) is 17.7 Å². The molecule has 0 radical (unpaired) electrons. The zero-order valence-electron chi connectivity index (χ0n) is 33.9. The highest BCUT2D eigenvalue weighted by atomic mass is 16.7. The minimum absolute atomic E-state index is 0.0890. The number of amides is 1. The number of Topliss-reactive ketones (excluding diaryl/α,β-unsaturated/α-hetero) is 2. The molecule has 55 heavy (non-hydrogen) atoms. The number of fused-ring (bicyclic) bond motifs is 2. The van der Waals surface area contributed by atoms with Crippen molar-refractivity contribution in [2.24, 2.45) is 23.7 Å². The number of aliphatic hydroxyl groups is 1. The predicted molar refractivity (Wildman–Crippen MR) is 208 cm³/mol. The molecule has 2 N–H and O–H groups in total. The summed E-state index contributed by atoms with van der Waals surface area (Å²) in [7, 11) is 3.75. The molecule has 13 atom stereocenters. The molecule has 0 unspecified atom stereocenters. The second-order valence-electron chi connectivity index (χ2n) is 16.5. The van der Waals surface area contributed by atoms with Crippen molar-refractivity contribution < 1.29 is 48.0 Å². The lowest BCUT2D eigenvalue weighted by Crippen LogP contribution is -2.60. The number of ether oxygens (including phenoxy) is 5. The average Bonchev–Trinajstić information content (AvgIpc) is 3.47. The number of ketones is 2. The van der Waals surface area contributed by atoms with E-state index in [1.54, 1.807) is 41.5 Å². The number of nitrogens with one attached hydrogen (secondary N) is 1. The molecule has 3 heterocycles. The van der Waals surface area contributed by atoms with E-state index in [0.29, 0.717) is 6.42 Å². The second kappa shape index (κ2) is 17.2. The summed E-state index contributed by atoms with van der Waals surface area (Å²) in [5, 5.41) is 16.6. The molecule has 0 spiro atoms. The molecule has 3 aliphatic rings. The molecule has 0 aliphatic carbocycles. The Morgan fingerprint density at radius 2 is 1.65 bits per heavy atom. The molecule has 3 saturated heterocycles. The summed E-state index contributed by atoms with van der Waals surface area (Å²) in [6.07, 6.45) is -0.482. The Labute approximate surface area is 325 Å². The number of carbonyl (C=O) groups is 4. The maximum atomic E-state index is 14.4. The molecule has 0 saturated carbocycles. The Kier molecular flexibility index (Phi) is 13.3. The van der Waals surface area contributed by atoms with Crippen LogP contribution in [0, 0.1) is 23.7 Å². The van der Waals surface area contributed by atoms with Crippen molar-refractivity contribution in [2.45, 2.75) is 129 Å². The Morgan fingerprint density at radius 3 is 2.33 bits per heavy atom. The van der Waals surface area contributed by atoms with Gasteiger partial charge in [-0.2, -0.15) is 0 Å². The lowest BCUT2D eigenvalue weighted by atomic mass is 9.73. The molecule has 5 rings (SSSR count). The third kappa shape index (κ3) is 8.99. The van der Waals surface area contributed by atoms with Crippen LogP contribution in [0.4, 0.5) is 4.79 Å². The van der Waals surface area contributed by atoms with Crippen LogP contribution in [0.3, 0.4) is 0 Å². The summed E-state index contributed by atoms with van der Waals surface area (Å²) >= 11 is 0. The van der Waals surface area contributed by atoms with E-state index in [1.807, 2.05) is 62.3 Å². The number of likely N-dealkylation sites (N-methyl/N-ethyl adjacent to an activating group) is 1. The van der Waals surface area contributed by atoms with Crippen LogP contribution in [0.1, 0.15) is 80.2 Å². The number of alkyl carbamates (subject to hydrolysis) is 1. The van der Waals surface area contributed by atoms with E-state index in [4.69, 9.17) is 23.7 Å². The molecule has 2 aromatic rings. The number of carbonyl (C=O) groups excluding carboxylic acids is 4. The van der Waals surface area contributed by atoms with E-state index >= 15 is 0 Å². The highest BCUT2D eigenvalue weighted by Crippen LogP contribution is 2.40. The van der Waals surface area contributed by atoms with E-state index < -0.39 is 83.4 Å². The highest BCUT2D eigenvalue weighted by Gasteiger charge is 2.57. The lowest BCUT2D eigenvalue weighted by molar-refractivity contribution is -0.296. The van der Waals surface area contributed by atoms with Crippen LogP contribution in [0.15, 0.2) is 48.5 Å². The van der Waals surface area contributed by atoms with Gasteiger partial charge in [-0.15, -0.1) is 0 Å². The highest BCUT2D eigenvalue weighted by molar-refractivity contribution is 6.00. The Morgan fingerprint density at radius 1 is 0.964 bits per heavy atom. The van der Waals surface area contributed by atoms with Gasteiger partial charge in [-0.25, -0.2) is 4.79 Å². The predicted octanol–water partition coefficient (Wildman–Crippen LogP) is 5.71. The molecule has 12 heteroatoms. The molecule has 3 fully saturated rings. The Bertz CT molecular complexity index is 1750. The summed E-state index contributed by atoms with van der Waals surface area (Å²) in [4.78, 5) is 57.3. The molecule has 1 amide bonds. The Balaban J connectivity index is 1.56. The lowest BCUT2D eigenvalue weighted by Gasteiger charge is -2.47. The molecular formula is C43H60N2O10. The molecule has 0 bridgehead atoms. The number of hydrogen-bond acceptors (Lipinski definition) is 11. The molecule has 2 aromatic carbocycles. The first-order valence-corrected chi connectivity index (χ1v) is 19.6. The topological polar surface area (TPSA) is 150 Å². The number of nitrogens with zero attached hydrogens (tertiary/aromatic N) is 1. The maximum Gasteiger partial charge on any atom is 0.408 e. The van der Waals surface area contributed by atoms with Crippen LogP contribution in [-0.2, 0) is 38.1 Å². The van der Waals surface area contributed by atoms with Crippen molar-refractivity contribution in [1.29, 1.82) is 0 Å². The van der Waals surface area contributed by atoms with E-state index in [9.17, 15) is 24.3 Å². The van der Waals surface area contributed by atoms with Crippen LogP contribution in [0.25, 0.3) is 16.8 Å². The summed E-state index contributed by atoms with van der Waals surface area (Å²) in [6, 6.07) is 13.1. The number of aliphatic hydroxyl groups excluding tert-OH is 1. The zero-order chi connectivity index (χ0) is 40.4. The smallest absolute Gasteiger partial charge is 0.408 e. The number of hydrogen-bond donors (Lipinski definition) is 2. The molecule has 12 nitrogen and oxygen atoms in total. The fourth-order valence-corrected chi connectivity index (χ4v) is 8.86. The van der Waals surface area contributed by atoms with Crippen LogP contribution in [0.5, 0.6) is 0 Å². The number of benzene rings is 2. The molecular weight excluding hydrogens is 704 g/mol. The van der Waals surface area contributed by atoms with Crippen LogP contribution >= 0.6 is 0 Å². The molecule has 302 valence electrons. The number of esters is 1. The second-order valence-corrected chi connectivity index (χ2v) is 16.5. The van der Waals surface area contributed by atoms with Crippen molar-refractivity contribution in [2.75, 3.05) is 20.7 Å². The van der Waals surface area contributed by atoms with Crippen molar-refractivity contribution in [3.63, 3.8) is 0 Å². The third-order valence-electron chi connectivity index (χ3n) is 12.1. The third-order valence-corrected chi connectivity index (χ3v) is 12.1. The van der Waals surface area contributed by atoms with Crippen molar-refractivity contribution in [1.82, 2.24) is 10.2 Å². The first-order chi connectivity index (χ1) is 25.9. The largest absolute Gasteiger partial charge is 0.458 e. The normalized spacial score (nSPS) is 38.1. The van der Waals surface area contributed by atoms with Gasteiger partial charge in [-0.05, 0) is 83.5 Å².